The number of hydrogen-bond donors (Lipinski definition) is 2. The molecule has 0 aromatic carbocycles. The lowest BCUT2D eigenvalue weighted by Crippen LogP contribution is -2.40. The maximum atomic E-state index is 12.7. The van der Waals surface area contributed by atoms with Gasteiger partial charge in [-0.2, -0.15) is 5.10 Å². The third kappa shape index (κ3) is 4.01. The first-order valence-corrected chi connectivity index (χ1v) is 11.6. The van der Waals surface area contributed by atoms with E-state index < -0.39 is 0 Å². The molecule has 5 heterocycles. The summed E-state index contributed by atoms with van der Waals surface area (Å²) < 4.78 is 1.83. The Hall–Kier alpha value is -4.12. The molecule has 1 aliphatic heterocycles. The van der Waals surface area contributed by atoms with Crippen molar-refractivity contribution in [3.8, 4) is 10.6 Å². The zero-order valence-corrected chi connectivity index (χ0v) is 19.0. The lowest BCUT2D eigenvalue weighted by atomic mass is 10.1. The van der Waals surface area contributed by atoms with Gasteiger partial charge in [0.15, 0.2) is 5.65 Å². The summed E-state index contributed by atoms with van der Waals surface area (Å²) in [6.45, 7) is 4.79. The number of nitrogen functional groups attached to an aromatic ring is 1. The molecule has 0 unspecified atom stereocenters. The number of likely N-dealkylation sites (tertiary alicyclic amines) is 1. The summed E-state index contributed by atoms with van der Waals surface area (Å²) in [5, 5.41) is 8.28. The zero-order valence-electron chi connectivity index (χ0n) is 18.2. The monoisotopic (exact) mass is 474 g/mol. The Kier molecular flexibility index (Phi) is 5.76. The second kappa shape index (κ2) is 9.02. The van der Waals surface area contributed by atoms with E-state index in [1.165, 1.54) is 23.7 Å². The van der Waals surface area contributed by atoms with Crippen LogP contribution in [0, 0.1) is 0 Å². The fourth-order valence-electron chi connectivity index (χ4n) is 4.11. The molecule has 1 atom stereocenters. The second-order valence-electron chi connectivity index (χ2n) is 7.87. The molecule has 1 saturated heterocycles. The summed E-state index contributed by atoms with van der Waals surface area (Å²) >= 11 is 1.30. The van der Waals surface area contributed by atoms with Gasteiger partial charge in [-0.1, -0.05) is 12.6 Å². The molecule has 2 amide bonds. The lowest BCUT2D eigenvalue weighted by Gasteiger charge is -2.32. The number of hydrogen-bond acceptors (Lipinski definition) is 8. The number of carbonyl (C=O) groups excluding carboxylic acids is 2. The van der Waals surface area contributed by atoms with E-state index in [2.05, 4.69) is 26.8 Å². The predicted octanol–water partition coefficient (Wildman–Crippen LogP) is 3.13. The molecule has 3 N–H and O–H groups in total. The van der Waals surface area contributed by atoms with E-state index in [-0.39, 0.29) is 17.9 Å². The van der Waals surface area contributed by atoms with Crippen molar-refractivity contribution in [3.63, 3.8) is 0 Å². The van der Waals surface area contributed by atoms with Crippen molar-refractivity contribution in [3.05, 3.63) is 60.4 Å². The lowest BCUT2D eigenvalue weighted by molar-refractivity contribution is -0.127. The van der Waals surface area contributed by atoms with Crippen LogP contribution in [0.25, 0.3) is 21.6 Å². The first kappa shape index (κ1) is 21.7. The third-order valence-electron chi connectivity index (χ3n) is 5.72. The number of anilines is 2. The highest BCUT2D eigenvalue weighted by Crippen LogP contribution is 2.37. The molecule has 0 spiro atoms. The van der Waals surface area contributed by atoms with Gasteiger partial charge in [0.2, 0.25) is 5.91 Å². The summed E-state index contributed by atoms with van der Waals surface area (Å²) in [6, 6.07) is 8.84. The van der Waals surface area contributed by atoms with Crippen LogP contribution in [0.3, 0.4) is 0 Å². The van der Waals surface area contributed by atoms with Crippen LogP contribution in [-0.4, -0.2) is 54.5 Å². The van der Waals surface area contributed by atoms with Crippen LogP contribution in [0.4, 0.5) is 11.6 Å². The van der Waals surface area contributed by atoms with Crippen LogP contribution in [0.5, 0.6) is 0 Å². The standard InChI is InChI=1S/C23H22N8O2S/c1-2-18(32)30-11-5-6-14(12-30)31-22-19(21(24)26-13-27-22)20(29-31)15-8-9-16(34-15)23(33)28-17-7-3-4-10-25-17/h2-4,7-10,13-14H,1,5-6,11-12H2,(H2,24,26,27)(H,25,28,33)/t14-/m1/s1. The zero-order chi connectivity index (χ0) is 23.7. The number of aromatic nitrogens is 5. The largest absolute Gasteiger partial charge is 0.383 e. The highest BCUT2D eigenvalue weighted by atomic mass is 32.1. The molecule has 172 valence electrons. The Balaban J connectivity index is 1.50. The first-order valence-electron chi connectivity index (χ1n) is 10.8. The highest BCUT2D eigenvalue weighted by molar-refractivity contribution is 7.17. The summed E-state index contributed by atoms with van der Waals surface area (Å²) in [5.74, 6) is 0.436. The fraction of sp³-hybridized carbons (Fsp3) is 0.217. The van der Waals surface area contributed by atoms with Gasteiger partial charge >= 0.3 is 0 Å². The summed E-state index contributed by atoms with van der Waals surface area (Å²) in [4.78, 5) is 40.7. The number of rotatable bonds is 5. The molecule has 0 aliphatic carbocycles. The SMILES string of the molecule is C=CC(=O)N1CCC[C@@H](n2nc(-c3ccc(C(=O)Nc4ccccn4)s3)c3c(N)ncnc32)C1. The Morgan fingerprint density at radius 2 is 2.09 bits per heavy atom. The van der Waals surface area contributed by atoms with E-state index in [1.807, 2.05) is 10.7 Å². The van der Waals surface area contributed by atoms with Crippen molar-refractivity contribution in [1.29, 1.82) is 0 Å². The summed E-state index contributed by atoms with van der Waals surface area (Å²) in [7, 11) is 0. The van der Waals surface area contributed by atoms with Crippen molar-refractivity contribution >= 4 is 45.8 Å². The molecule has 1 aliphatic rings. The Labute approximate surface area is 199 Å². The Morgan fingerprint density at radius 3 is 2.88 bits per heavy atom. The van der Waals surface area contributed by atoms with Crippen LogP contribution < -0.4 is 11.1 Å². The van der Waals surface area contributed by atoms with Crippen molar-refractivity contribution < 1.29 is 9.59 Å². The van der Waals surface area contributed by atoms with Crippen LogP contribution in [0.2, 0.25) is 0 Å². The topological polar surface area (TPSA) is 132 Å². The van der Waals surface area contributed by atoms with Gasteiger partial charge in [0, 0.05) is 19.3 Å². The van der Waals surface area contributed by atoms with Crippen LogP contribution >= 0.6 is 11.3 Å². The van der Waals surface area contributed by atoms with Crippen molar-refractivity contribution in [2.45, 2.75) is 18.9 Å². The minimum Gasteiger partial charge on any atom is -0.383 e. The fourth-order valence-corrected chi connectivity index (χ4v) is 5.00. The Bertz CT molecular complexity index is 1380. The normalized spacial score (nSPS) is 15.9. The van der Waals surface area contributed by atoms with E-state index in [0.29, 0.717) is 46.3 Å². The number of amides is 2. The smallest absolute Gasteiger partial charge is 0.266 e. The van der Waals surface area contributed by atoms with Crippen molar-refractivity contribution in [2.75, 3.05) is 24.1 Å². The maximum Gasteiger partial charge on any atom is 0.266 e. The van der Waals surface area contributed by atoms with Gasteiger partial charge in [0.05, 0.1) is 21.2 Å². The number of pyridine rings is 1. The summed E-state index contributed by atoms with van der Waals surface area (Å²) in [6.07, 6.45) is 6.06. The highest BCUT2D eigenvalue weighted by Gasteiger charge is 2.28. The van der Waals surface area contributed by atoms with Gasteiger partial charge in [-0.05, 0) is 43.2 Å². The van der Waals surface area contributed by atoms with Gasteiger partial charge in [-0.25, -0.2) is 19.6 Å². The minimum atomic E-state index is -0.256. The molecule has 10 nitrogen and oxygen atoms in total. The third-order valence-corrected chi connectivity index (χ3v) is 6.81. The molecule has 34 heavy (non-hydrogen) atoms. The first-order chi connectivity index (χ1) is 16.5. The van der Waals surface area contributed by atoms with Crippen LogP contribution in [0.15, 0.2) is 55.5 Å². The number of nitrogens with one attached hydrogen (secondary N) is 1. The molecule has 0 saturated carbocycles. The van der Waals surface area contributed by atoms with Crippen LogP contribution in [-0.2, 0) is 4.79 Å². The molecule has 1 fully saturated rings. The average molecular weight is 475 g/mol. The van der Waals surface area contributed by atoms with Gasteiger partial charge in [-0.3, -0.25) is 9.59 Å². The van der Waals surface area contributed by atoms with E-state index in [1.54, 1.807) is 35.4 Å². The molecule has 4 aromatic heterocycles. The van der Waals surface area contributed by atoms with Gasteiger partial charge in [-0.15, -0.1) is 11.3 Å². The summed E-state index contributed by atoms with van der Waals surface area (Å²) in [5.41, 5.74) is 7.46. The molecule has 4 aromatic rings. The van der Waals surface area contributed by atoms with Gasteiger partial charge < -0.3 is 16.0 Å². The van der Waals surface area contributed by atoms with Crippen molar-refractivity contribution in [1.82, 2.24) is 29.6 Å². The Morgan fingerprint density at radius 1 is 1.21 bits per heavy atom. The maximum absolute atomic E-state index is 12.7. The number of nitrogens with two attached hydrogens (primary N) is 1. The number of piperidine rings is 1. The van der Waals surface area contributed by atoms with Gasteiger partial charge in [0.1, 0.15) is 23.7 Å². The quantitative estimate of drug-likeness (QED) is 0.425. The van der Waals surface area contributed by atoms with E-state index in [0.717, 1.165) is 17.7 Å². The molecular weight excluding hydrogens is 452 g/mol. The number of carbonyl (C=O) groups is 2. The number of thiophene rings is 1. The van der Waals surface area contributed by atoms with Crippen LogP contribution in [0.1, 0.15) is 28.6 Å². The molecule has 0 bridgehead atoms. The number of fused-ring (bicyclic) bond motifs is 1. The average Bonchev–Trinajstić information content (AvgIpc) is 3.50. The second-order valence-corrected chi connectivity index (χ2v) is 8.95. The van der Waals surface area contributed by atoms with Gasteiger partial charge in [0.25, 0.3) is 5.91 Å². The molecule has 11 heteroatoms. The minimum absolute atomic E-state index is 0.0601. The molecular formula is C23H22N8O2S. The van der Waals surface area contributed by atoms with E-state index in [4.69, 9.17) is 10.8 Å². The molecule has 0 radical (unpaired) electrons. The van der Waals surface area contributed by atoms with E-state index >= 15 is 0 Å². The predicted molar refractivity (Wildman–Crippen MR) is 130 cm³/mol. The molecule has 5 rings (SSSR count). The number of nitrogens with zero attached hydrogens (tertiary/aromatic N) is 6. The van der Waals surface area contributed by atoms with Crippen molar-refractivity contribution in [2.24, 2.45) is 0 Å². The van der Waals surface area contributed by atoms with E-state index in [9.17, 15) is 9.59 Å².